The van der Waals surface area contributed by atoms with Gasteiger partial charge in [0.05, 0.1) is 28.5 Å². The van der Waals surface area contributed by atoms with Crippen LogP contribution >= 0.6 is 23.2 Å². The van der Waals surface area contributed by atoms with Crippen LogP contribution in [-0.4, -0.2) is 53.0 Å². The number of rotatable bonds is 7. The van der Waals surface area contributed by atoms with Gasteiger partial charge in [-0.1, -0.05) is 23.2 Å². The van der Waals surface area contributed by atoms with E-state index in [0.717, 1.165) is 10.7 Å². The minimum absolute atomic E-state index is 0.0194. The number of nitrogens with two attached hydrogens (primary N) is 1. The van der Waals surface area contributed by atoms with E-state index in [1.807, 2.05) is 0 Å². The zero-order valence-electron chi connectivity index (χ0n) is 19.3. The van der Waals surface area contributed by atoms with Crippen LogP contribution in [0.4, 0.5) is 27.6 Å². The van der Waals surface area contributed by atoms with E-state index in [1.54, 1.807) is 6.92 Å². The molecule has 0 aliphatic heterocycles. The maximum atomic E-state index is 13.9. The molecule has 39 heavy (non-hydrogen) atoms. The summed E-state index contributed by atoms with van der Waals surface area (Å²) in [4.78, 5) is 29.4. The number of halogens is 7. The average molecular weight is 590 g/mol. The van der Waals surface area contributed by atoms with Crippen LogP contribution in [0.25, 0.3) is 5.82 Å². The van der Waals surface area contributed by atoms with Crippen LogP contribution in [0.5, 0.6) is 0 Å². The summed E-state index contributed by atoms with van der Waals surface area (Å²) in [6.45, 7) is 0.755. The molecule has 0 aliphatic carbocycles. The summed E-state index contributed by atoms with van der Waals surface area (Å²) in [6.07, 6.45) is -4.65. The predicted octanol–water partition coefficient (Wildman–Crippen LogP) is 3.92. The molecule has 3 heterocycles. The topological polar surface area (TPSA) is 146 Å². The van der Waals surface area contributed by atoms with E-state index in [0.29, 0.717) is 5.56 Å². The number of aromatic nitrogens is 7. The first-order chi connectivity index (χ1) is 18.2. The second-order valence-electron chi connectivity index (χ2n) is 7.94. The van der Waals surface area contributed by atoms with Crippen LogP contribution in [-0.2, 0) is 12.5 Å². The third-order valence-corrected chi connectivity index (χ3v) is 5.73. The molecule has 0 saturated heterocycles. The van der Waals surface area contributed by atoms with Crippen molar-refractivity contribution >= 4 is 40.7 Å². The van der Waals surface area contributed by atoms with Crippen LogP contribution < -0.4 is 11.1 Å². The molecular weight excluding hydrogens is 576 g/mol. The van der Waals surface area contributed by atoms with E-state index in [1.165, 1.54) is 30.5 Å². The zero-order chi connectivity index (χ0) is 28.7. The van der Waals surface area contributed by atoms with Gasteiger partial charge in [0.15, 0.2) is 5.82 Å². The van der Waals surface area contributed by atoms with Crippen LogP contribution in [0.2, 0.25) is 10.0 Å². The van der Waals surface area contributed by atoms with Crippen molar-refractivity contribution in [2.75, 3.05) is 5.32 Å². The number of nitrogens with one attached hydrogen (secondary N) is 1. The Balaban J connectivity index is 1.79. The van der Waals surface area contributed by atoms with Crippen LogP contribution in [0.3, 0.4) is 0 Å². The lowest BCUT2D eigenvalue weighted by molar-refractivity contribution is -0.293. The molecule has 204 valence electrons. The zero-order valence-corrected chi connectivity index (χ0v) is 20.9. The van der Waals surface area contributed by atoms with Crippen molar-refractivity contribution in [3.05, 3.63) is 74.9 Å². The number of tetrazole rings is 1. The monoisotopic (exact) mass is 589 g/mol. The molecular formula is C21H14Cl2F5N9O2. The van der Waals surface area contributed by atoms with Gasteiger partial charge in [-0.05, 0) is 53.2 Å². The molecule has 0 saturated carbocycles. The number of anilines is 1. The minimum atomic E-state index is -5.97. The number of benzene rings is 1. The van der Waals surface area contributed by atoms with Gasteiger partial charge >= 0.3 is 12.1 Å². The number of carbonyl (C=O) groups is 2. The van der Waals surface area contributed by atoms with Gasteiger partial charge in [-0.15, -0.1) is 5.10 Å². The molecule has 11 nitrogen and oxygen atoms in total. The Bertz CT molecular complexity index is 1590. The van der Waals surface area contributed by atoms with Crippen molar-refractivity contribution in [2.24, 2.45) is 5.73 Å². The number of hydrogen-bond acceptors (Lipinski definition) is 7. The number of alkyl halides is 5. The van der Waals surface area contributed by atoms with E-state index in [9.17, 15) is 31.5 Å². The lowest BCUT2D eigenvalue weighted by Gasteiger charge is -2.18. The van der Waals surface area contributed by atoms with E-state index in [4.69, 9.17) is 28.9 Å². The van der Waals surface area contributed by atoms with Crippen LogP contribution in [0.15, 0.2) is 36.5 Å². The van der Waals surface area contributed by atoms with Crippen molar-refractivity contribution in [3.8, 4) is 5.82 Å². The van der Waals surface area contributed by atoms with Crippen molar-refractivity contribution < 1.29 is 31.5 Å². The summed E-state index contributed by atoms with van der Waals surface area (Å²) in [5.41, 5.74) is 5.20. The normalized spacial score (nSPS) is 12.0. The average Bonchev–Trinajstić information content (AvgIpc) is 3.48. The maximum Gasteiger partial charge on any atom is 0.461 e. The molecule has 4 rings (SSSR count). The fraction of sp³-hybridized carbons (Fsp3) is 0.190. The van der Waals surface area contributed by atoms with Gasteiger partial charge in [0, 0.05) is 11.2 Å². The first-order valence-corrected chi connectivity index (χ1v) is 11.3. The smallest absolute Gasteiger partial charge is 0.366 e. The highest BCUT2D eigenvalue weighted by Gasteiger charge is 2.62. The first kappa shape index (κ1) is 27.8. The highest BCUT2D eigenvalue weighted by atomic mass is 35.5. The maximum absolute atomic E-state index is 13.9. The largest absolute Gasteiger partial charge is 0.461 e. The van der Waals surface area contributed by atoms with E-state index < -0.39 is 36.3 Å². The van der Waals surface area contributed by atoms with Crippen molar-refractivity contribution in [1.82, 2.24) is 35.0 Å². The van der Waals surface area contributed by atoms with E-state index in [-0.39, 0.29) is 43.2 Å². The number of nitrogens with zero attached hydrogens (tertiary/aromatic N) is 7. The Kier molecular flexibility index (Phi) is 7.27. The molecule has 0 bridgehead atoms. The molecule has 0 atom stereocenters. The number of amides is 2. The first-order valence-electron chi connectivity index (χ1n) is 10.5. The van der Waals surface area contributed by atoms with Gasteiger partial charge in [0.2, 0.25) is 5.82 Å². The Labute approximate surface area is 224 Å². The summed E-state index contributed by atoms with van der Waals surface area (Å²) in [5, 5.41) is 15.8. The molecule has 3 N–H and O–H groups in total. The fourth-order valence-corrected chi connectivity index (χ4v) is 3.94. The summed E-state index contributed by atoms with van der Waals surface area (Å²) >= 11 is 12.2. The molecule has 0 unspecified atom stereocenters. The number of hydrogen-bond donors (Lipinski definition) is 2. The Morgan fingerprint density at radius 3 is 2.49 bits per heavy atom. The number of aryl methyl sites for hydroxylation is 1. The van der Waals surface area contributed by atoms with Crippen molar-refractivity contribution in [2.45, 2.75) is 25.6 Å². The molecule has 0 fully saturated rings. The fourth-order valence-electron chi connectivity index (χ4n) is 3.46. The van der Waals surface area contributed by atoms with Crippen LogP contribution in [0.1, 0.15) is 37.9 Å². The summed E-state index contributed by atoms with van der Waals surface area (Å²) in [5.74, 6) is -9.01. The van der Waals surface area contributed by atoms with Crippen molar-refractivity contribution in [1.29, 1.82) is 0 Å². The molecule has 2 amide bonds. The summed E-state index contributed by atoms with van der Waals surface area (Å²) in [6, 6.07) is 6.68. The van der Waals surface area contributed by atoms with Gasteiger partial charge in [-0.25, -0.2) is 14.3 Å². The molecule has 3 aromatic heterocycles. The molecule has 0 spiro atoms. The minimum Gasteiger partial charge on any atom is -0.366 e. The van der Waals surface area contributed by atoms with Gasteiger partial charge in [0.1, 0.15) is 5.69 Å². The predicted molar refractivity (Wildman–Crippen MR) is 126 cm³/mol. The molecule has 0 radical (unpaired) electrons. The molecule has 4 aromatic rings. The van der Waals surface area contributed by atoms with Gasteiger partial charge in [-0.3, -0.25) is 9.59 Å². The molecule has 18 heteroatoms. The standard InChI is InChI=1S/C21H14Cl2F5N9O2/c1-9-5-10(22)6-12(16(29)38)15(9)31-18(39)14-7-11(33-37(14)17-13(23)3-2-4-30-17)8-36-19(32-34-35-36)20(24,25)21(26,27)28/h2-7H,8H2,1H3,(H2,29,38)(H,31,39). The second kappa shape index (κ2) is 10.2. The Hall–Kier alpha value is -4.18. The lowest BCUT2D eigenvalue weighted by atomic mass is 10.1. The van der Waals surface area contributed by atoms with E-state index >= 15 is 0 Å². The number of primary amides is 1. The van der Waals surface area contributed by atoms with Gasteiger partial charge in [0.25, 0.3) is 11.8 Å². The lowest BCUT2D eigenvalue weighted by Crippen LogP contribution is -2.36. The highest BCUT2D eigenvalue weighted by Crippen LogP contribution is 2.42. The Morgan fingerprint density at radius 1 is 1.13 bits per heavy atom. The molecule has 1 aromatic carbocycles. The number of carbonyl (C=O) groups excluding carboxylic acids is 2. The summed E-state index contributed by atoms with van der Waals surface area (Å²) in [7, 11) is 0. The summed E-state index contributed by atoms with van der Waals surface area (Å²) < 4.78 is 67.8. The Morgan fingerprint density at radius 2 is 1.85 bits per heavy atom. The highest BCUT2D eigenvalue weighted by molar-refractivity contribution is 6.32. The molecule has 0 aliphatic rings. The third kappa shape index (κ3) is 5.37. The third-order valence-electron chi connectivity index (χ3n) is 5.22. The van der Waals surface area contributed by atoms with Crippen molar-refractivity contribution in [3.63, 3.8) is 0 Å². The quantitative estimate of drug-likeness (QED) is 0.310. The SMILES string of the molecule is Cc1cc(Cl)cc(C(N)=O)c1NC(=O)c1cc(Cn2nnnc2C(F)(F)C(F)(F)F)nn1-c1ncccc1Cl. The van der Waals surface area contributed by atoms with E-state index in [2.05, 4.69) is 30.9 Å². The van der Waals surface area contributed by atoms with Gasteiger partial charge in [-0.2, -0.15) is 27.1 Å². The van der Waals surface area contributed by atoms with Gasteiger partial charge < -0.3 is 11.1 Å². The van der Waals surface area contributed by atoms with Crippen LogP contribution in [0, 0.1) is 6.92 Å². The number of pyridine rings is 1. The second-order valence-corrected chi connectivity index (χ2v) is 8.78.